The zero-order valence-corrected chi connectivity index (χ0v) is 10.5. The SMILES string of the molecule is CCCNC(=O)Nc1cc(C(=O)O)cc(C(F)(F)F)c1. The topological polar surface area (TPSA) is 78.4 Å². The first kappa shape index (κ1) is 15.8. The molecule has 0 aromatic heterocycles. The van der Waals surface area contributed by atoms with Gasteiger partial charge in [-0.1, -0.05) is 6.92 Å². The van der Waals surface area contributed by atoms with Crippen LogP contribution in [0.15, 0.2) is 18.2 Å². The maximum absolute atomic E-state index is 12.6. The summed E-state index contributed by atoms with van der Waals surface area (Å²) in [6, 6.07) is 1.46. The number of carboxylic acids is 1. The molecule has 0 aliphatic heterocycles. The van der Waals surface area contributed by atoms with Crippen molar-refractivity contribution in [2.45, 2.75) is 19.5 Å². The second kappa shape index (κ2) is 6.27. The Morgan fingerprint density at radius 2 is 1.90 bits per heavy atom. The predicted octanol–water partition coefficient (Wildman–Crippen LogP) is 2.94. The van der Waals surface area contributed by atoms with Gasteiger partial charge < -0.3 is 15.7 Å². The van der Waals surface area contributed by atoms with Crippen molar-refractivity contribution in [3.63, 3.8) is 0 Å². The number of halogens is 3. The van der Waals surface area contributed by atoms with E-state index in [-0.39, 0.29) is 5.69 Å². The first-order valence-corrected chi connectivity index (χ1v) is 5.74. The van der Waals surface area contributed by atoms with Gasteiger partial charge in [0.25, 0.3) is 0 Å². The lowest BCUT2D eigenvalue weighted by molar-refractivity contribution is -0.137. The smallest absolute Gasteiger partial charge is 0.416 e. The van der Waals surface area contributed by atoms with Gasteiger partial charge in [0, 0.05) is 12.2 Å². The fourth-order valence-corrected chi connectivity index (χ4v) is 1.40. The molecule has 0 saturated carbocycles. The molecule has 1 rings (SSSR count). The largest absolute Gasteiger partial charge is 0.478 e. The van der Waals surface area contributed by atoms with Crippen LogP contribution in [0.2, 0.25) is 0 Å². The van der Waals surface area contributed by atoms with E-state index in [9.17, 15) is 22.8 Å². The zero-order chi connectivity index (χ0) is 15.3. The Morgan fingerprint density at radius 1 is 1.25 bits per heavy atom. The third-order valence-electron chi connectivity index (χ3n) is 2.30. The predicted molar refractivity (Wildman–Crippen MR) is 65.7 cm³/mol. The Balaban J connectivity index is 3.04. The van der Waals surface area contributed by atoms with Crippen LogP contribution in [0.1, 0.15) is 29.3 Å². The third kappa shape index (κ3) is 4.45. The van der Waals surface area contributed by atoms with Gasteiger partial charge in [0.15, 0.2) is 0 Å². The number of alkyl halides is 3. The molecule has 0 bridgehead atoms. The van der Waals surface area contributed by atoms with E-state index in [1.54, 1.807) is 0 Å². The highest BCUT2D eigenvalue weighted by Gasteiger charge is 2.32. The summed E-state index contributed by atoms with van der Waals surface area (Å²) in [5.41, 5.74) is -1.92. The lowest BCUT2D eigenvalue weighted by Gasteiger charge is -2.12. The van der Waals surface area contributed by atoms with Gasteiger partial charge >= 0.3 is 18.2 Å². The summed E-state index contributed by atoms with van der Waals surface area (Å²) in [5.74, 6) is -1.51. The van der Waals surface area contributed by atoms with Gasteiger partial charge in [-0.15, -0.1) is 0 Å². The Morgan fingerprint density at radius 3 is 2.40 bits per heavy atom. The average molecular weight is 290 g/mol. The summed E-state index contributed by atoms with van der Waals surface area (Å²) in [6.07, 6.45) is -4.03. The summed E-state index contributed by atoms with van der Waals surface area (Å²) in [4.78, 5) is 22.2. The quantitative estimate of drug-likeness (QED) is 0.797. The van der Waals surface area contributed by atoms with Crippen molar-refractivity contribution in [3.8, 4) is 0 Å². The molecule has 20 heavy (non-hydrogen) atoms. The molecule has 0 heterocycles. The number of aromatic carboxylic acids is 1. The van der Waals surface area contributed by atoms with Crippen molar-refractivity contribution in [1.29, 1.82) is 0 Å². The van der Waals surface area contributed by atoms with Gasteiger partial charge in [0.05, 0.1) is 11.1 Å². The van der Waals surface area contributed by atoms with Crippen LogP contribution in [-0.4, -0.2) is 23.7 Å². The van der Waals surface area contributed by atoms with Crippen LogP contribution in [0.3, 0.4) is 0 Å². The van der Waals surface area contributed by atoms with Crippen LogP contribution in [-0.2, 0) is 6.18 Å². The number of carbonyl (C=O) groups excluding carboxylic acids is 1. The van der Waals surface area contributed by atoms with Crippen LogP contribution < -0.4 is 10.6 Å². The van der Waals surface area contributed by atoms with E-state index in [1.807, 2.05) is 6.92 Å². The van der Waals surface area contributed by atoms with Gasteiger partial charge in [-0.2, -0.15) is 13.2 Å². The van der Waals surface area contributed by atoms with Crippen LogP contribution in [0.25, 0.3) is 0 Å². The van der Waals surface area contributed by atoms with Crippen LogP contribution in [0.5, 0.6) is 0 Å². The molecule has 0 unspecified atom stereocenters. The van der Waals surface area contributed by atoms with Crippen LogP contribution >= 0.6 is 0 Å². The van der Waals surface area contributed by atoms with Gasteiger partial charge in [-0.3, -0.25) is 0 Å². The van der Waals surface area contributed by atoms with Crippen LogP contribution in [0, 0.1) is 0 Å². The van der Waals surface area contributed by atoms with Crippen molar-refractivity contribution >= 4 is 17.7 Å². The van der Waals surface area contributed by atoms with Gasteiger partial charge in [-0.05, 0) is 24.6 Å². The molecule has 0 fully saturated rings. The van der Waals surface area contributed by atoms with E-state index in [1.165, 1.54) is 0 Å². The number of anilines is 1. The first-order chi connectivity index (χ1) is 9.24. The summed E-state index contributed by atoms with van der Waals surface area (Å²) < 4.78 is 37.9. The fraction of sp³-hybridized carbons (Fsp3) is 0.333. The maximum atomic E-state index is 12.6. The summed E-state index contributed by atoms with van der Waals surface area (Å²) >= 11 is 0. The average Bonchev–Trinajstić information content (AvgIpc) is 2.34. The molecule has 0 atom stereocenters. The third-order valence-corrected chi connectivity index (χ3v) is 2.30. The molecule has 8 heteroatoms. The van der Waals surface area contributed by atoms with E-state index in [2.05, 4.69) is 10.6 Å². The van der Waals surface area contributed by atoms with Gasteiger partial charge in [-0.25, -0.2) is 9.59 Å². The zero-order valence-electron chi connectivity index (χ0n) is 10.5. The molecule has 1 aromatic carbocycles. The number of urea groups is 1. The number of carbonyl (C=O) groups is 2. The van der Waals surface area contributed by atoms with Crippen molar-refractivity contribution in [1.82, 2.24) is 5.32 Å². The molecule has 0 spiro atoms. The molecular weight excluding hydrogens is 277 g/mol. The molecule has 1 aromatic rings. The monoisotopic (exact) mass is 290 g/mol. The maximum Gasteiger partial charge on any atom is 0.416 e. The Labute approximate surface area is 112 Å². The van der Waals surface area contributed by atoms with Crippen molar-refractivity contribution in [3.05, 3.63) is 29.3 Å². The molecule has 0 aliphatic carbocycles. The first-order valence-electron chi connectivity index (χ1n) is 5.74. The molecule has 110 valence electrons. The second-order valence-electron chi connectivity index (χ2n) is 3.98. The second-order valence-corrected chi connectivity index (χ2v) is 3.98. The molecule has 2 amide bonds. The van der Waals surface area contributed by atoms with E-state index >= 15 is 0 Å². The Bertz CT molecular complexity index is 515. The minimum absolute atomic E-state index is 0.231. The normalized spacial score (nSPS) is 11.0. The fourth-order valence-electron chi connectivity index (χ4n) is 1.40. The Kier molecular flexibility index (Phi) is 4.95. The van der Waals surface area contributed by atoms with E-state index in [4.69, 9.17) is 5.11 Å². The molecule has 0 saturated heterocycles. The van der Waals surface area contributed by atoms with Crippen molar-refractivity contribution < 1.29 is 27.9 Å². The number of rotatable bonds is 4. The molecule has 5 nitrogen and oxygen atoms in total. The number of hydrogen-bond acceptors (Lipinski definition) is 2. The minimum Gasteiger partial charge on any atom is -0.478 e. The van der Waals surface area contributed by atoms with E-state index < -0.39 is 29.3 Å². The van der Waals surface area contributed by atoms with Crippen LogP contribution in [0.4, 0.5) is 23.7 Å². The number of hydrogen-bond donors (Lipinski definition) is 3. The highest BCUT2D eigenvalue weighted by atomic mass is 19.4. The standard InChI is InChI=1S/C12H13F3N2O3/c1-2-3-16-11(20)17-9-5-7(10(18)19)4-8(6-9)12(13,14)15/h4-6H,2-3H2,1H3,(H,18,19)(H2,16,17,20). The highest BCUT2D eigenvalue weighted by Crippen LogP contribution is 2.32. The number of nitrogens with one attached hydrogen (secondary N) is 2. The highest BCUT2D eigenvalue weighted by molar-refractivity contribution is 5.93. The van der Waals surface area contributed by atoms with E-state index in [0.717, 1.165) is 6.07 Å². The van der Waals surface area contributed by atoms with Gasteiger partial charge in [0.2, 0.25) is 0 Å². The minimum atomic E-state index is -4.69. The number of benzene rings is 1. The molecule has 0 radical (unpaired) electrons. The van der Waals surface area contributed by atoms with Crippen molar-refractivity contribution in [2.75, 3.05) is 11.9 Å². The molecule has 3 N–H and O–H groups in total. The van der Waals surface area contributed by atoms with E-state index in [0.29, 0.717) is 25.1 Å². The Hall–Kier alpha value is -2.25. The number of amides is 2. The lowest BCUT2D eigenvalue weighted by Crippen LogP contribution is -2.29. The summed E-state index contributed by atoms with van der Waals surface area (Å²) in [5, 5.41) is 13.4. The lowest BCUT2D eigenvalue weighted by atomic mass is 10.1. The van der Waals surface area contributed by atoms with Gasteiger partial charge in [0.1, 0.15) is 0 Å². The number of carboxylic acid groups (broad SMARTS) is 1. The summed E-state index contributed by atoms with van der Waals surface area (Å²) in [6.45, 7) is 2.17. The molecular formula is C12H13F3N2O3. The molecule has 0 aliphatic rings. The van der Waals surface area contributed by atoms with Crippen molar-refractivity contribution in [2.24, 2.45) is 0 Å². The summed E-state index contributed by atoms with van der Waals surface area (Å²) in [7, 11) is 0.